The minimum Gasteiger partial charge on any atom is -0.392 e. The van der Waals surface area contributed by atoms with Crippen LogP contribution in [0.5, 0.6) is 0 Å². The van der Waals surface area contributed by atoms with Crippen LogP contribution < -0.4 is 0 Å². The Labute approximate surface area is 149 Å². The number of nitrogens with zero attached hydrogens (tertiary/aromatic N) is 2. The van der Waals surface area contributed by atoms with E-state index in [1.165, 1.54) is 19.2 Å². The summed E-state index contributed by atoms with van der Waals surface area (Å²) in [5.41, 5.74) is 2.20. The minimum absolute atomic E-state index is 0.0812. The maximum Gasteiger partial charge on any atom is 0.232 e. The fourth-order valence-electron chi connectivity index (χ4n) is 2.19. The molecule has 0 amide bonds. The van der Waals surface area contributed by atoms with Crippen molar-refractivity contribution in [3.63, 3.8) is 0 Å². The molecular weight excluding hydrogens is 343 g/mol. The molecule has 0 spiro atoms. The summed E-state index contributed by atoms with van der Waals surface area (Å²) in [5, 5.41) is 9.85. The molecule has 0 atom stereocenters. The second-order valence-electron chi connectivity index (χ2n) is 6.05. The summed E-state index contributed by atoms with van der Waals surface area (Å²) in [5.74, 6) is -0.162. The van der Waals surface area contributed by atoms with Crippen LogP contribution in [0.1, 0.15) is 26.3 Å². The van der Waals surface area contributed by atoms with Gasteiger partial charge in [-0.2, -0.15) is 0 Å². The first-order chi connectivity index (χ1) is 11.5. The summed E-state index contributed by atoms with van der Waals surface area (Å²) in [6.07, 6.45) is 1.09. The third kappa shape index (κ3) is 5.51. The number of rotatable bonds is 6. The predicted octanol–water partition coefficient (Wildman–Crippen LogP) is 3.05. The Kier molecular flexibility index (Phi) is 7.07. The number of aliphatic hydroxyl groups is 1. The van der Waals surface area contributed by atoms with Crippen LogP contribution in [0.3, 0.4) is 0 Å². The second-order valence-corrected chi connectivity index (χ2v) is 8.07. The number of aliphatic imine (C=N–C) groups is 1. The van der Waals surface area contributed by atoms with Crippen molar-refractivity contribution in [2.24, 2.45) is 10.9 Å². The van der Waals surface area contributed by atoms with Crippen LogP contribution in [0.2, 0.25) is 0 Å². The largest absolute Gasteiger partial charge is 0.392 e. The molecule has 25 heavy (non-hydrogen) atoms. The lowest BCUT2D eigenvalue weighted by Gasteiger charge is -2.20. The summed E-state index contributed by atoms with van der Waals surface area (Å²) in [4.78, 5) is 4.43. The topological polar surface area (TPSA) is 70.0 Å². The van der Waals surface area contributed by atoms with Gasteiger partial charge in [0.1, 0.15) is 11.7 Å². The predicted molar refractivity (Wildman–Crippen MR) is 100 cm³/mol. The zero-order chi connectivity index (χ0) is 19.4. The first-order valence-electron chi connectivity index (χ1n) is 7.77. The Bertz CT molecular complexity index is 794. The quantitative estimate of drug-likeness (QED) is 0.477. The summed E-state index contributed by atoms with van der Waals surface area (Å²) in [7, 11) is -2.01. The fraction of sp³-hybridized carbons (Fsp3) is 0.389. The molecule has 5 nitrogen and oxygen atoms in total. The summed E-state index contributed by atoms with van der Waals surface area (Å²) >= 11 is 0. The lowest BCUT2D eigenvalue weighted by molar-refractivity contribution is 0.333. The molecule has 0 heterocycles. The van der Waals surface area contributed by atoms with Crippen molar-refractivity contribution < 1.29 is 17.9 Å². The van der Waals surface area contributed by atoms with E-state index in [9.17, 15) is 17.9 Å². The van der Waals surface area contributed by atoms with Crippen LogP contribution in [0.25, 0.3) is 5.57 Å². The van der Waals surface area contributed by atoms with E-state index in [1.807, 2.05) is 13.8 Å². The molecular formula is C18H25FN2O3S. The third-order valence-electron chi connectivity index (χ3n) is 3.81. The van der Waals surface area contributed by atoms with E-state index in [0.717, 1.165) is 10.6 Å². The number of benzene rings is 1. The van der Waals surface area contributed by atoms with Crippen molar-refractivity contribution in [1.29, 1.82) is 0 Å². The lowest BCUT2D eigenvalue weighted by Crippen LogP contribution is -2.30. The molecule has 0 unspecified atom stereocenters. The molecule has 1 N–H and O–H groups in total. The van der Waals surface area contributed by atoms with Gasteiger partial charge in [-0.05, 0) is 36.1 Å². The van der Waals surface area contributed by atoms with E-state index in [2.05, 4.69) is 11.6 Å². The minimum atomic E-state index is -3.43. The van der Waals surface area contributed by atoms with Gasteiger partial charge in [-0.1, -0.05) is 32.6 Å². The number of sulfonamides is 1. The molecule has 1 rings (SSSR count). The Hall–Kier alpha value is -1.99. The van der Waals surface area contributed by atoms with E-state index >= 15 is 0 Å². The van der Waals surface area contributed by atoms with Crippen LogP contribution in [-0.4, -0.2) is 43.6 Å². The Morgan fingerprint density at radius 2 is 1.84 bits per heavy atom. The van der Waals surface area contributed by atoms with E-state index in [-0.39, 0.29) is 24.2 Å². The van der Waals surface area contributed by atoms with Gasteiger partial charge in [-0.15, -0.1) is 0 Å². The normalized spacial score (nSPS) is 13.7. The maximum atomic E-state index is 13.1. The van der Waals surface area contributed by atoms with Crippen molar-refractivity contribution in [1.82, 2.24) is 4.31 Å². The third-order valence-corrected chi connectivity index (χ3v) is 5.07. The number of halogens is 1. The van der Waals surface area contributed by atoms with Crippen molar-refractivity contribution in [2.75, 3.05) is 19.9 Å². The highest BCUT2D eigenvalue weighted by molar-refractivity contribution is 7.88. The molecule has 0 aliphatic heterocycles. The molecule has 7 heteroatoms. The van der Waals surface area contributed by atoms with Crippen molar-refractivity contribution >= 4 is 21.4 Å². The van der Waals surface area contributed by atoms with Crippen molar-refractivity contribution in [2.45, 2.75) is 20.8 Å². The average Bonchev–Trinajstić information content (AvgIpc) is 2.53. The van der Waals surface area contributed by atoms with Crippen LogP contribution in [0.15, 0.2) is 47.1 Å². The number of hydrogen-bond acceptors (Lipinski definition) is 4. The van der Waals surface area contributed by atoms with Gasteiger partial charge in [-0.25, -0.2) is 17.8 Å². The van der Waals surface area contributed by atoms with E-state index in [1.54, 1.807) is 19.1 Å². The molecule has 1 aromatic carbocycles. The first kappa shape index (κ1) is 21.1. The van der Waals surface area contributed by atoms with Crippen LogP contribution in [0.4, 0.5) is 4.39 Å². The standard InChI is InChI=1S/C18H25FN2O3S/c1-12(2)18(20-14(4)21(5)25(6,23)24)17(11-22)13(3)15-7-9-16(19)10-8-15/h7-10,12,22H,3,11H2,1-2,4-6H3/b18-17-,20-14?. The maximum absolute atomic E-state index is 13.1. The van der Waals surface area contributed by atoms with Gasteiger partial charge in [0.15, 0.2) is 0 Å². The number of hydrogen-bond donors (Lipinski definition) is 1. The van der Waals surface area contributed by atoms with Crippen LogP contribution in [-0.2, 0) is 10.0 Å². The highest BCUT2D eigenvalue weighted by Crippen LogP contribution is 2.28. The molecule has 0 saturated carbocycles. The zero-order valence-corrected chi connectivity index (χ0v) is 16.1. The number of aliphatic hydroxyl groups excluding tert-OH is 1. The van der Waals surface area contributed by atoms with Crippen LogP contribution in [0, 0.1) is 11.7 Å². The summed E-state index contributed by atoms with van der Waals surface area (Å²) in [6, 6.07) is 5.78. The van der Waals surface area contributed by atoms with Gasteiger partial charge < -0.3 is 5.11 Å². The number of allylic oxidation sites excluding steroid dienone is 1. The number of amidine groups is 1. The molecule has 138 valence electrons. The van der Waals surface area contributed by atoms with Crippen molar-refractivity contribution in [3.05, 3.63) is 53.5 Å². The van der Waals surface area contributed by atoms with Crippen molar-refractivity contribution in [3.8, 4) is 0 Å². The summed E-state index contributed by atoms with van der Waals surface area (Å²) < 4.78 is 37.5. The Morgan fingerprint density at radius 1 is 1.32 bits per heavy atom. The van der Waals surface area contributed by atoms with Gasteiger partial charge in [-0.3, -0.25) is 4.31 Å². The highest BCUT2D eigenvalue weighted by atomic mass is 32.2. The molecule has 1 aromatic rings. The molecule has 0 aliphatic carbocycles. The Balaban J connectivity index is 3.44. The molecule has 0 bridgehead atoms. The molecule has 0 aromatic heterocycles. The highest BCUT2D eigenvalue weighted by Gasteiger charge is 2.18. The van der Waals surface area contributed by atoms with Gasteiger partial charge in [0.2, 0.25) is 10.0 Å². The molecule has 0 fully saturated rings. The monoisotopic (exact) mass is 368 g/mol. The fourth-order valence-corrected chi connectivity index (χ4v) is 2.71. The first-order valence-corrected chi connectivity index (χ1v) is 9.62. The van der Waals surface area contributed by atoms with Gasteiger partial charge in [0.25, 0.3) is 0 Å². The average molecular weight is 368 g/mol. The Morgan fingerprint density at radius 3 is 2.24 bits per heavy atom. The van der Waals surface area contributed by atoms with Gasteiger partial charge in [0.05, 0.1) is 18.6 Å². The molecule has 0 aliphatic rings. The van der Waals surface area contributed by atoms with Gasteiger partial charge in [0, 0.05) is 12.6 Å². The van der Waals surface area contributed by atoms with E-state index in [4.69, 9.17) is 0 Å². The zero-order valence-electron chi connectivity index (χ0n) is 15.2. The lowest BCUT2D eigenvalue weighted by atomic mass is 9.94. The van der Waals surface area contributed by atoms with E-state index in [0.29, 0.717) is 22.4 Å². The SMILES string of the molecule is C=C(/C(CO)=C(\N=C(C)N(C)S(C)(=O)=O)C(C)C)c1ccc(F)cc1. The van der Waals surface area contributed by atoms with Crippen LogP contribution >= 0.6 is 0 Å². The molecule has 0 saturated heterocycles. The molecule has 0 radical (unpaired) electrons. The smallest absolute Gasteiger partial charge is 0.232 e. The second kappa shape index (κ2) is 8.40. The van der Waals surface area contributed by atoms with E-state index < -0.39 is 10.0 Å². The van der Waals surface area contributed by atoms with Gasteiger partial charge >= 0.3 is 0 Å². The summed E-state index contributed by atoms with van der Waals surface area (Å²) in [6.45, 7) is 9.03.